The second-order valence-corrected chi connectivity index (χ2v) is 10.6. The van der Waals surface area contributed by atoms with Crippen molar-refractivity contribution in [1.82, 2.24) is 0 Å². The number of nitrogens with one attached hydrogen (secondary N) is 1. The summed E-state index contributed by atoms with van der Waals surface area (Å²) in [5, 5.41) is 2.23. The maximum atomic E-state index is 13.3. The first-order valence-electron chi connectivity index (χ1n) is 10.4. The van der Waals surface area contributed by atoms with Crippen LogP contribution in [0.4, 0.5) is 11.4 Å². The van der Waals surface area contributed by atoms with Crippen LogP contribution >= 0.6 is 23.4 Å². The van der Waals surface area contributed by atoms with Gasteiger partial charge >= 0.3 is 0 Å². The Hall–Kier alpha value is -3.34. The smallest absolute Gasteiger partial charge is 0.284 e. The Morgan fingerprint density at radius 2 is 1.80 bits per heavy atom. The number of nitrogens with zero attached hydrogens (tertiary/aromatic N) is 2. The molecule has 1 heterocycles. The molecule has 0 bridgehead atoms. The molecule has 0 saturated carbocycles. The van der Waals surface area contributed by atoms with Gasteiger partial charge in [0, 0.05) is 23.2 Å². The molecule has 180 valence electrons. The monoisotopic (exact) mass is 529 g/mol. The summed E-state index contributed by atoms with van der Waals surface area (Å²) in [6.07, 6.45) is -0.177. The Morgan fingerprint density at radius 3 is 2.49 bits per heavy atom. The highest BCUT2D eigenvalue weighted by Gasteiger charge is 2.41. The molecule has 0 aliphatic carbocycles. The molecule has 1 aliphatic heterocycles. The van der Waals surface area contributed by atoms with Crippen molar-refractivity contribution in [2.75, 3.05) is 17.3 Å². The van der Waals surface area contributed by atoms with Gasteiger partial charge in [-0.2, -0.15) is 8.42 Å². The fourth-order valence-electron chi connectivity index (χ4n) is 3.32. The summed E-state index contributed by atoms with van der Waals surface area (Å²) >= 11 is 6.79. The third kappa shape index (κ3) is 5.84. The van der Waals surface area contributed by atoms with Gasteiger partial charge in [-0.05, 0) is 48.5 Å². The number of rotatable bonds is 7. The maximum absolute atomic E-state index is 13.3. The number of hydrogen-bond donors (Lipinski definition) is 1. The minimum atomic E-state index is -4.13. The second kappa shape index (κ2) is 10.5. The van der Waals surface area contributed by atoms with Gasteiger partial charge in [0.25, 0.3) is 10.0 Å². The molecule has 3 aromatic rings. The first kappa shape index (κ1) is 24.8. The molecule has 11 heteroatoms. The van der Waals surface area contributed by atoms with E-state index in [4.69, 9.17) is 16.3 Å². The van der Waals surface area contributed by atoms with Crippen LogP contribution < -0.4 is 15.0 Å². The van der Waals surface area contributed by atoms with E-state index in [0.717, 1.165) is 11.8 Å². The molecule has 8 nitrogen and oxygen atoms in total. The summed E-state index contributed by atoms with van der Waals surface area (Å²) < 4.78 is 35.0. The Morgan fingerprint density at radius 1 is 1.09 bits per heavy atom. The summed E-state index contributed by atoms with van der Waals surface area (Å²) in [5.41, 5.74) is 0.967. The van der Waals surface area contributed by atoms with Gasteiger partial charge in [-0.3, -0.25) is 14.5 Å². The molecule has 3 aromatic carbocycles. The molecule has 4 rings (SSSR count). The summed E-state index contributed by atoms with van der Waals surface area (Å²) in [6.45, 7) is 0. The standard InChI is InChI=1S/C24H20ClN3O5S2/c1-33-19-9-5-6-17(14-19)26-22(29)15-21-23(30)28(18-7-3-2-4-8-18)24(34-21)27-35(31,32)20-12-10-16(25)11-13-20/h2-14,21H,15H2,1H3,(H,26,29)/t21-/m0/s1. The number of carbonyl (C=O) groups excluding carboxylic acids is 2. The number of anilines is 2. The quantitative estimate of drug-likeness (QED) is 0.480. The van der Waals surface area contributed by atoms with Crippen LogP contribution in [0.25, 0.3) is 0 Å². The van der Waals surface area contributed by atoms with Gasteiger partial charge in [-0.25, -0.2) is 0 Å². The number of ether oxygens (including phenoxy) is 1. The Balaban J connectivity index is 1.61. The zero-order chi connectivity index (χ0) is 25.0. The van der Waals surface area contributed by atoms with Crippen molar-refractivity contribution in [3.63, 3.8) is 0 Å². The number of thioether (sulfide) groups is 1. The summed E-state index contributed by atoms with van der Waals surface area (Å²) in [5.74, 6) is -0.267. The first-order chi connectivity index (χ1) is 16.8. The van der Waals surface area contributed by atoms with Gasteiger partial charge in [0.2, 0.25) is 11.8 Å². The van der Waals surface area contributed by atoms with Crippen molar-refractivity contribution < 1.29 is 22.7 Å². The molecule has 1 N–H and O–H groups in total. The zero-order valence-corrected chi connectivity index (χ0v) is 20.8. The molecule has 0 spiro atoms. The number of amides is 2. The topological polar surface area (TPSA) is 105 Å². The van der Waals surface area contributed by atoms with Gasteiger partial charge in [-0.1, -0.05) is 47.6 Å². The summed E-state index contributed by atoms with van der Waals surface area (Å²) in [7, 11) is -2.61. The first-order valence-corrected chi connectivity index (χ1v) is 13.1. The molecule has 0 radical (unpaired) electrons. The van der Waals surface area contributed by atoms with Gasteiger partial charge in [-0.15, -0.1) is 4.40 Å². The van der Waals surface area contributed by atoms with Crippen LogP contribution in [0.5, 0.6) is 5.75 Å². The number of methoxy groups -OCH3 is 1. The van der Waals surface area contributed by atoms with Crippen LogP contribution in [0.2, 0.25) is 5.02 Å². The fourth-order valence-corrected chi connectivity index (χ4v) is 5.78. The number of benzene rings is 3. The SMILES string of the molecule is COc1cccc(NC(=O)C[C@@H]2SC(=NS(=O)(=O)c3ccc(Cl)cc3)N(c3ccccc3)C2=O)c1. The van der Waals surface area contributed by atoms with Crippen molar-refractivity contribution in [2.24, 2.45) is 4.40 Å². The van der Waals surface area contributed by atoms with E-state index in [1.165, 1.54) is 36.3 Å². The number of halogens is 1. The molecular weight excluding hydrogens is 510 g/mol. The lowest BCUT2D eigenvalue weighted by Gasteiger charge is -2.16. The second-order valence-electron chi connectivity index (χ2n) is 7.40. The average molecular weight is 530 g/mol. The zero-order valence-electron chi connectivity index (χ0n) is 18.4. The highest BCUT2D eigenvalue weighted by Crippen LogP contribution is 2.35. The van der Waals surface area contributed by atoms with E-state index >= 15 is 0 Å². The van der Waals surface area contributed by atoms with Crippen molar-refractivity contribution in [3.05, 3.63) is 83.9 Å². The number of sulfonamides is 1. The lowest BCUT2D eigenvalue weighted by atomic mass is 10.2. The van der Waals surface area contributed by atoms with Crippen molar-refractivity contribution >= 4 is 61.7 Å². The maximum Gasteiger partial charge on any atom is 0.284 e. The van der Waals surface area contributed by atoms with Gasteiger partial charge in [0.05, 0.1) is 17.7 Å². The molecule has 35 heavy (non-hydrogen) atoms. The van der Waals surface area contributed by atoms with E-state index in [0.29, 0.717) is 22.1 Å². The molecular formula is C24H20ClN3O5S2. The molecule has 0 aromatic heterocycles. The average Bonchev–Trinajstić information content (AvgIpc) is 3.13. The number of carbonyl (C=O) groups is 2. The highest BCUT2D eigenvalue weighted by molar-refractivity contribution is 8.16. The minimum Gasteiger partial charge on any atom is -0.497 e. The molecule has 2 amide bonds. The van der Waals surface area contributed by atoms with Crippen LogP contribution in [0, 0.1) is 0 Å². The molecule has 1 atom stereocenters. The minimum absolute atomic E-state index is 0.0321. The van der Waals surface area contributed by atoms with Gasteiger partial charge in [0.15, 0.2) is 5.17 Å². The summed E-state index contributed by atoms with van der Waals surface area (Å²) in [6, 6.07) is 21.0. The predicted molar refractivity (Wildman–Crippen MR) is 138 cm³/mol. The summed E-state index contributed by atoms with van der Waals surface area (Å²) in [4.78, 5) is 27.1. The van der Waals surface area contributed by atoms with Crippen molar-refractivity contribution in [1.29, 1.82) is 0 Å². The molecule has 1 saturated heterocycles. The Bertz CT molecular complexity index is 1380. The fraction of sp³-hybridized carbons (Fsp3) is 0.125. The Kier molecular flexibility index (Phi) is 7.44. The van der Waals surface area contributed by atoms with E-state index in [1.54, 1.807) is 54.6 Å². The van der Waals surface area contributed by atoms with Gasteiger partial charge < -0.3 is 10.1 Å². The van der Waals surface area contributed by atoms with E-state index < -0.39 is 27.1 Å². The van der Waals surface area contributed by atoms with Crippen LogP contribution in [-0.2, 0) is 19.6 Å². The predicted octanol–water partition coefficient (Wildman–Crippen LogP) is 4.57. The van der Waals surface area contributed by atoms with E-state index in [-0.39, 0.29) is 16.5 Å². The highest BCUT2D eigenvalue weighted by atomic mass is 35.5. The number of hydrogen-bond acceptors (Lipinski definition) is 6. The molecule has 1 aliphatic rings. The third-order valence-corrected chi connectivity index (χ3v) is 7.77. The van der Waals surface area contributed by atoms with Crippen molar-refractivity contribution in [3.8, 4) is 5.75 Å². The lowest BCUT2D eigenvalue weighted by Crippen LogP contribution is -2.33. The van der Waals surface area contributed by atoms with Crippen LogP contribution in [-0.4, -0.2) is 37.8 Å². The normalized spacial score (nSPS) is 17.0. The van der Waals surface area contributed by atoms with Crippen LogP contribution in [0.3, 0.4) is 0 Å². The number of para-hydroxylation sites is 1. The van der Waals surface area contributed by atoms with Gasteiger partial charge in [0.1, 0.15) is 11.0 Å². The van der Waals surface area contributed by atoms with Crippen LogP contribution in [0.15, 0.2) is 88.2 Å². The lowest BCUT2D eigenvalue weighted by molar-refractivity contribution is -0.121. The third-order valence-electron chi connectivity index (χ3n) is 4.98. The van der Waals surface area contributed by atoms with Crippen LogP contribution in [0.1, 0.15) is 6.42 Å². The van der Waals surface area contributed by atoms with E-state index in [9.17, 15) is 18.0 Å². The van der Waals surface area contributed by atoms with E-state index in [1.807, 2.05) is 0 Å². The number of amidine groups is 1. The Labute approximate surface area is 212 Å². The van der Waals surface area contributed by atoms with E-state index in [2.05, 4.69) is 9.71 Å². The largest absolute Gasteiger partial charge is 0.497 e. The molecule has 1 fully saturated rings. The van der Waals surface area contributed by atoms with Crippen molar-refractivity contribution in [2.45, 2.75) is 16.6 Å². The molecule has 0 unspecified atom stereocenters.